The Balaban J connectivity index is 2.65. The first-order valence-electron chi connectivity index (χ1n) is 7.04. The molecule has 0 aliphatic carbocycles. The lowest BCUT2D eigenvalue weighted by Crippen LogP contribution is -2.46. The monoisotopic (exact) mass is 294 g/mol. The molecule has 0 unspecified atom stereocenters. The first-order chi connectivity index (χ1) is 9.76. The van der Waals surface area contributed by atoms with Crippen molar-refractivity contribution in [1.29, 1.82) is 0 Å². The number of ether oxygens (including phenoxy) is 2. The number of aryl methyl sites for hydroxylation is 1. The van der Waals surface area contributed by atoms with Crippen LogP contribution in [0.25, 0.3) is 0 Å². The number of rotatable bonds is 5. The summed E-state index contributed by atoms with van der Waals surface area (Å²) in [5.41, 5.74) is 1.79. The molecular weight excluding hydrogens is 268 g/mol. The van der Waals surface area contributed by atoms with Gasteiger partial charge in [0.05, 0.1) is 14.2 Å². The van der Waals surface area contributed by atoms with E-state index in [9.17, 15) is 4.79 Å². The standard InChI is InChI=1S/C16H26N2O3/c1-11-9-14(21-6)12(10-13(11)20-5)7-8-17-15(19)18-16(2,3)4/h9-10H,7-8H2,1-6H3,(H2,17,18,19). The summed E-state index contributed by atoms with van der Waals surface area (Å²) in [5, 5.41) is 5.70. The number of hydrogen-bond acceptors (Lipinski definition) is 3. The van der Waals surface area contributed by atoms with Gasteiger partial charge in [-0.25, -0.2) is 4.79 Å². The molecule has 0 heterocycles. The third-order valence-electron chi connectivity index (χ3n) is 2.97. The van der Waals surface area contributed by atoms with Crippen LogP contribution in [0.2, 0.25) is 0 Å². The molecule has 0 aliphatic heterocycles. The average molecular weight is 294 g/mol. The highest BCUT2D eigenvalue weighted by Crippen LogP contribution is 2.28. The van der Waals surface area contributed by atoms with Crippen molar-refractivity contribution in [2.75, 3.05) is 20.8 Å². The van der Waals surface area contributed by atoms with Crippen molar-refractivity contribution in [3.05, 3.63) is 23.3 Å². The smallest absolute Gasteiger partial charge is 0.315 e. The fraction of sp³-hybridized carbons (Fsp3) is 0.562. The first kappa shape index (κ1) is 17.1. The van der Waals surface area contributed by atoms with E-state index in [2.05, 4.69) is 10.6 Å². The Hall–Kier alpha value is -1.91. The van der Waals surface area contributed by atoms with Gasteiger partial charge in [-0.05, 0) is 57.4 Å². The number of methoxy groups -OCH3 is 2. The SMILES string of the molecule is COc1cc(CCNC(=O)NC(C)(C)C)c(OC)cc1C. The van der Waals surface area contributed by atoms with Crippen LogP contribution in [-0.4, -0.2) is 32.3 Å². The Labute approximate surface area is 127 Å². The zero-order chi connectivity index (χ0) is 16.0. The zero-order valence-electron chi connectivity index (χ0n) is 13.8. The molecule has 2 amide bonds. The van der Waals surface area contributed by atoms with Crippen LogP contribution in [0.1, 0.15) is 31.9 Å². The van der Waals surface area contributed by atoms with Gasteiger partial charge in [0.1, 0.15) is 11.5 Å². The lowest BCUT2D eigenvalue weighted by molar-refractivity contribution is 0.232. The minimum Gasteiger partial charge on any atom is -0.496 e. The molecule has 0 saturated heterocycles. The van der Waals surface area contributed by atoms with Crippen LogP contribution in [0.5, 0.6) is 11.5 Å². The van der Waals surface area contributed by atoms with E-state index in [0.717, 1.165) is 22.6 Å². The second-order valence-corrected chi connectivity index (χ2v) is 6.01. The largest absolute Gasteiger partial charge is 0.496 e. The number of carbonyl (C=O) groups excluding carboxylic acids is 1. The highest BCUT2D eigenvalue weighted by Gasteiger charge is 2.13. The fourth-order valence-corrected chi connectivity index (χ4v) is 2.00. The van der Waals surface area contributed by atoms with E-state index in [1.165, 1.54) is 0 Å². The molecule has 0 spiro atoms. The van der Waals surface area contributed by atoms with Crippen LogP contribution >= 0.6 is 0 Å². The van der Waals surface area contributed by atoms with Gasteiger partial charge in [0.25, 0.3) is 0 Å². The second kappa shape index (κ2) is 7.20. The number of benzene rings is 1. The van der Waals surface area contributed by atoms with Gasteiger partial charge >= 0.3 is 6.03 Å². The number of hydrogen-bond donors (Lipinski definition) is 2. The highest BCUT2D eigenvalue weighted by atomic mass is 16.5. The third kappa shape index (κ3) is 5.53. The second-order valence-electron chi connectivity index (χ2n) is 6.01. The van der Waals surface area contributed by atoms with E-state index >= 15 is 0 Å². The van der Waals surface area contributed by atoms with Crippen molar-refractivity contribution < 1.29 is 14.3 Å². The van der Waals surface area contributed by atoms with E-state index in [1.54, 1.807) is 14.2 Å². The third-order valence-corrected chi connectivity index (χ3v) is 2.97. The summed E-state index contributed by atoms with van der Waals surface area (Å²) >= 11 is 0. The molecule has 5 nitrogen and oxygen atoms in total. The van der Waals surface area contributed by atoms with Crippen LogP contribution in [0.4, 0.5) is 4.79 Å². The summed E-state index contributed by atoms with van der Waals surface area (Å²) in [7, 11) is 3.29. The lowest BCUT2D eigenvalue weighted by atomic mass is 10.1. The van der Waals surface area contributed by atoms with Crippen molar-refractivity contribution in [3.63, 3.8) is 0 Å². The number of carbonyl (C=O) groups is 1. The minimum atomic E-state index is -0.241. The molecular formula is C16H26N2O3. The van der Waals surface area contributed by atoms with Crippen LogP contribution < -0.4 is 20.1 Å². The molecule has 0 aliphatic rings. The van der Waals surface area contributed by atoms with Gasteiger partial charge in [-0.1, -0.05) is 0 Å². The molecule has 2 N–H and O–H groups in total. The molecule has 21 heavy (non-hydrogen) atoms. The minimum absolute atomic E-state index is 0.166. The molecule has 1 aromatic carbocycles. The summed E-state index contributed by atoms with van der Waals surface area (Å²) < 4.78 is 10.7. The number of urea groups is 1. The first-order valence-corrected chi connectivity index (χ1v) is 7.04. The molecule has 1 aromatic rings. The van der Waals surface area contributed by atoms with E-state index in [4.69, 9.17) is 9.47 Å². The van der Waals surface area contributed by atoms with E-state index in [-0.39, 0.29) is 11.6 Å². The maximum Gasteiger partial charge on any atom is 0.315 e. The summed E-state index contributed by atoms with van der Waals surface area (Å²) in [6.07, 6.45) is 0.678. The predicted octanol–water partition coefficient (Wildman–Crippen LogP) is 2.65. The maximum absolute atomic E-state index is 11.7. The molecule has 0 radical (unpaired) electrons. The van der Waals surface area contributed by atoms with Gasteiger partial charge in [-0.2, -0.15) is 0 Å². The topological polar surface area (TPSA) is 59.6 Å². The van der Waals surface area contributed by atoms with Crippen LogP contribution in [0.15, 0.2) is 12.1 Å². The van der Waals surface area contributed by atoms with Gasteiger partial charge in [-0.15, -0.1) is 0 Å². The Morgan fingerprint density at radius 1 is 1.14 bits per heavy atom. The van der Waals surface area contributed by atoms with Gasteiger partial charge in [0, 0.05) is 12.1 Å². The molecule has 0 saturated carbocycles. The highest BCUT2D eigenvalue weighted by molar-refractivity contribution is 5.74. The molecule has 118 valence electrons. The number of nitrogens with one attached hydrogen (secondary N) is 2. The van der Waals surface area contributed by atoms with Crippen molar-refractivity contribution in [1.82, 2.24) is 10.6 Å². The molecule has 1 rings (SSSR count). The van der Waals surface area contributed by atoms with E-state index in [0.29, 0.717) is 13.0 Å². The van der Waals surface area contributed by atoms with Crippen molar-refractivity contribution >= 4 is 6.03 Å². The van der Waals surface area contributed by atoms with Gasteiger partial charge < -0.3 is 20.1 Å². The van der Waals surface area contributed by atoms with Gasteiger partial charge in [-0.3, -0.25) is 0 Å². The van der Waals surface area contributed by atoms with Crippen LogP contribution in [0.3, 0.4) is 0 Å². The lowest BCUT2D eigenvalue weighted by Gasteiger charge is -2.21. The van der Waals surface area contributed by atoms with Crippen LogP contribution in [0, 0.1) is 6.92 Å². The normalized spacial score (nSPS) is 11.0. The fourth-order valence-electron chi connectivity index (χ4n) is 2.00. The Bertz CT molecular complexity index is 493. The Kier molecular flexibility index (Phi) is 5.88. The molecule has 5 heteroatoms. The van der Waals surface area contributed by atoms with Crippen molar-refractivity contribution in [2.45, 2.75) is 39.7 Å². The van der Waals surface area contributed by atoms with Crippen molar-refractivity contribution in [2.24, 2.45) is 0 Å². The van der Waals surface area contributed by atoms with E-state index < -0.39 is 0 Å². The Morgan fingerprint density at radius 3 is 2.29 bits per heavy atom. The van der Waals surface area contributed by atoms with Crippen LogP contribution in [-0.2, 0) is 6.42 Å². The summed E-state index contributed by atoms with van der Waals surface area (Å²) in [5.74, 6) is 1.64. The quantitative estimate of drug-likeness (QED) is 0.877. The zero-order valence-corrected chi connectivity index (χ0v) is 13.8. The predicted molar refractivity (Wildman–Crippen MR) is 84.3 cm³/mol. The van der Waals surface area contributed by atoms with Gasteiger partial charge in [0.2, 0.25) is 0 Å². The molecule has 0 bridgehead atoms. The maximum atomic E-state index is 11.7. The number of amides is 2. The average Bonchev–Trinajstić information content (AvgIpc) is 2.37. The van der Waals surface area contributed by atoms with Gasteiger partial charge in [0.15, 0.2) is 0 Å². The molecule has 0 aromatic heterocycles. The molecule has 0 atom stereocenters. The van der Waals surface area contributed by atoms with Crippen molar-refractivity contribution in [3.8, 4) is 11.5 Å². The summed E-state index contributed by atoms with van der Waals surface area (Å²) in [4.78, 5) is 11.7. The summed E-state index contributed by atoms with van der Waals surface area (Å²) in [6, 6.07) is 3.74. The van der Waals surface area contributed by atoms with E-state index in [1.807, 2.05) is 39.8 Å². The summed E-state index contributed by atoms with van der Waals surface area (Å²) in [6.45, 7) is 8.34. The molecule has 0 fully saturated rings. The Morgan fingerprint density at radius 2 is 1.76 bits per heavy atom.